The number of nitrogen functional groups attached to an aromatic ring is 1. The fraction of sp³-hybridized carbons (Fsp3) is 0.133. The zero-order valence-electron chi connectivity index (χ0n) is 12.7. The van der Waals surface area contributed by atoms with Gasteiger partial charge in [-0.1, -0.05) is 6.07 Å². The van der Waals surface area contributed by atoms with E-state index in [0.29, 0.717) is 0 Å². The fourth-order valence-corrected chi connectivity index (χ4v) is 2.51. The number of halogens is 3. The van der Waals surface area contributed by atoms with Crippen molar-refractivity contribution >= 4 is 22.6 Å². The highest BCUT2D eigenvalue weighted by Crippen LogP contribution is 2.33. The first-order valence-electron chi connectivity index (χ1n) is 6.88. The number of benzene rings is 1. The highest BCUT2D eigenvalue weighted by atomic mass is 19.4. The van der Waals surface area contributed by atoms with Crippen molar-refractivity contribution in [3.05, 3.63) is 52.1 Å². The molecule has 0 aliphatic carbocycles. The summed E-state index contributed by atoms with van der Waals surface area (Å²) >= 11 is 0. The molecular weight excluding hydrogens is 341 g/mol. The highest BCUT2D eigenvalue weighted by molar-refractivity contribution is 6.04. The first kappa shape index (κ1) is 16.6. The lowest BCUT2D eigenvalue weighted by atomic mass is 10.1. The third-order valence-electron chi connectivity index (χ3n) is 3.67. The van der Waals surface area contributed by atoms with Gasteiger partial charge in [0, 0.05) is 11.6 Å². The van der Waals surface area contributed by atoms with E-state index in [1.54, 1.807) is 0 Å². The summed E-state index contributed by atoms with van der Waals surface area (Å²) in [5.74, 6) is -0.985. The lowest BCUT2D eigenvalue weighted by Crippen LogP contribution is -2.28. The topological polar surface area (TPSA) is 103 Å². The number of H-pyrrole nitrogens is 1. The number of carbonyl (C=O) groups excluding carboxylic acids is 1. The Hall–Kier alpha value is -3.30. The Kier molecular flexibility index (Phi) is 3.74. The van der Waals surface area contributed by atoms with Crippen LogP contribution in [0.2, 0.25) is 0 Å². The largest absolute Gasteiger partial charge is 0.465 e. The number of alkyl halides is 3. The summed E-state index contributed by atoms with van der Waals surface area (Å²) in [4.78, 5) is 24.7. The van der Waals surface area contributed by atoms with Gasteiger partial charge in [-0.2, -0.15) is 18.3 Å². The Bertz CT molecular complexity index is 1020. The number of nitrogens with two attached hydrogens (primary N) is 1. The third-order valence-corrected chi connectivity index (χ3v) is 3.67. The molecule has 0 fully saturated rings. The van der Waals surface area contributed by atoms with Gasteiger partial charge in [0.1, 0.15) is 5.56 Å². The molecule has 10 heteroatoms. The monoisotopic (exact) mass is 352 g/mol. The predicted octanol–water partition coefficient (Wildman–Crippen LogP) is 2.10. The van der Waals surface area contributed by atoms with Crippen molar-refractivity contribution in [2.45, 2.75) is 6.18 Å². The lowest BCUT2D eigenvalue weighted by Gasteiger charge is -2.15. The van der Waals surface area contributed by atoms with E-state index in [0.717, 1.165) is 29.9 Å². The van der Waals surface area contributed by atoms with E-state index in [2.05, 4.69) is 14.9 Å². The Morgan fingerprint density at radius 1 is 1.36 bits per heavy atom. The molecule has 3 aromatic rings. The van der Waals surface area contributed by atoms with Crippen LogP contribution in [0.3, 0.4) is 0 Å². The molecule has 25 heavy (non-hydrogen) atoms. The van der Waals surface area contributed by atoms with Crippen LogP contribution in [-0.2, 0) is 10.9 Å². The molecule has 0 atom stereocenters. The summed E-state index contributed by atoms with van der Waals surface area (Å²) in [5.41, 5.74) is 3.33. The van der Waals surface area contributed by atoms with E-state index in [9.17, 15) is 22.8 Å². The van der Waals surface area contributed by atoms with Gasteiger partial charge >= 0.3 is 12.1 Å². The number of aromatic amines is 1. The number of esters is 1. The number of aromatic nitrogens is 3. The molecule has 0 bridgehead atoms. The minimum Gasteiger partial charge on any atom is -0.465 e. The molecule has 0 saturated carbocycles. The minimum absolute atomic E-state index is 0.105. The predicted molar refractivity (Wildman–Crippen MR) is 82.4 cm³/mol. The van der Waals surface area contributed by atoms with Gasteiger partial charge in [-0.25, -0.2) is 4.79 Å². The molecule has 0 unspecified atom stereocenters. The number of hydrogen-bond donors (Lipinski definition) is 2. The molecule has 3 rings (SSSR count). The van der Waals surface area contributed by atoms with Crippen molar-refractivity contribution in [3.8, 4) is 5.69 Å². The van der Waals surface area contributed by atoms with Crippen LogP contribution >= 0.6 is 0 Å². The number of hydrogen-bond acceptors (Lipinski definition) is 5. The summed E-state index contributed by atoms with van der Waals surface area (Å²) < 4.78 is 44.6. The second-order valence-corrected chi connectivity index (χ2v) is 5.11. The molecule has 0 spiro atoms. The van der Waals surface area contributed by atoms with Crippen molar-refractivity contribution in [3.63, 3.8) is 0 Å². The number of anilines is 1. The molecular formula is C15H11F3N4O3. The Morgan fingerprint density at radius 2 is 2.08 bits per heavy atom. The smallest absolute Gasteiger partial charge is 0.416 e. The average Bonchev–Trinajstić information content (AvgIpc) is 3.07. The van der Waals surface area contributed by atoms with E-state index < -0.39 is 28.8 Å². The van der Waals surface area contributed by atoms with Gasteiger partial charge in [-0.05, 0) is 12.1 Å². The van der Waals surface area contributed by atoms with Gasteiger partial charge in [-0.3, -0.25) is 14.5 Å². The number of nitrogens with one attached hydrogen (secondary N) is 1. The molecule has 0 amide bonds. The zero-order chi connectivity index (χ0) is 18.4. The van der Waals surface area contributed by atoms with Crippen molar-refractivity contribution in [2.75, 3.05) is 12.8 Å². The second kappa shape index (κ2) is 5.65. The number of nitrogens with zero attached hydrogens (tertiary/aromatic N) is 2. The number of fused-ring (bicyclic) bond motifs is 1. The molecule has 7 nitrogen and oxygen atoms in total. The van der Waals surface area contributed by atoms with Crippen LogP contribution < -0.4 is 11.3 Å². The van der Waals surface area contributed by atoms with Crippen LogP contribution in [0.4, 0.5) is 18.9 Å². The third kappa shape index (κ3) is 2.61. The molecule has 0 saturated heterocycles. The first-order chi connectivity index (χ1) is 11.8. The van der Waals surface area contributed by atoms with Gasteiger partial charge in [0.2, 0.25) is 0 Å². The summed E-state index contributed by atoms with van der Waals surface area (Å²) in [6, 6.07) is 2.72. The fourth-order valence-electron chi connectivity index (χ4n) is 2.51. The van der Waals surface area contributed by atoms with E-state index in [1.807, 2.05) is 0 Å². The van der Waals surface area contributed by atoms with E-state index >= 15 is 0 Å². The number of pyridine rings is 1. The number of methoxy groups -OCH3 is 1. The molecule has 2 aromatic heterocycles. The molecule has 2 heterocycles. The molecule has 130 valence electrons. The van der Waals surface area contributed by atoms with Gasteiger partial charge in [-0.15, -0.1) is 0 Å². The normalized spacial score (nSPS) is 11.7. The quantitative estimate of drug-likeness (QED) is 0.688. The standard InChI is InChI=1S/C15H11F3N4O3/c1-25-14(24)11-12(19)9-3-2-7(15(16,17)18)4-10(9)22(13(11)23)8-5-20-21-6-8/h2-6H,19H2,1H3,(H,20,21). The molecule has 0 aliphatic heterocycles. The van der Waals surface area contributed by atoms with Gasteiger partial charge in [0.25, 0.3) is 5.56 Å². The summed E-state index contributed by atoms with van der Waals surface area (Å²) in [6.45, 7) is 0. The van der Waals surface area contributed by atoms with Gasteiger partial charge in [0.05, 0.1) is 35.8 Å². The summed E-state index contributed by atoms with van der Waals surface area (Å²) in [7, 11) is 1.07. The van der Waals surface area contributed by atoms with E-state index in [-0.39, 0.29) is 22.3 Å². The van der Waals surface area contributed by atoms with Crippen LogP contribution in [0.15, 0.2) is 35.4 Å². The second-order valence-electron chi connectivity index (χ2n) is 5.11. The average molecular weight is 352 g/mol. The number of ether oxygens (including phenoxy) is 1. The van der Waals surface area contributed by atoms with Crippen molar-refractivity contribution in [1.29, 1.82) is 0 Å². The van der Waals surface area contributed by atoms with Gasteiger partial charge in [0.15, 0.2) is 0 Å². The first-order valence-corrected chi connectivity index (χ1v) is 6.88. The maximum Gasteiger partial charge on any atom is 0.416 e. The van der Waals surface area contributed by atoms with Crippen LogP contribution in [0, 0.1) is 0 Å². The van der Waals surface area contributed by atoms with Crippen LogP contribution in [0.5, 0.6) is 0 Å². The van der Waals surface area contributed by atoms with Crippen molar-refractivity contribution < 1.29 is 22.7 Å². The lowest BCUT2D eigenvalue weighted by molar-refractivity contribution is -0.137. The Morgan fingerprint density at radius 3 is 2.64 bits per heavy atom. The number of carbonyl (C=O) groups is 1. The summed E-state index contributed by atoms with van der Waals surface area (Å²) in [6.07, 6.45) is -2.07. The number of rotatable bonds is 2. The summed E-state index contributed by atoms with van der Waals surface area (Å²) in [5, 5.41) is 6.25. The minimum atomic E-state index is -4.61. The van der Waals surface area contributed by atoms with Crippen LogP contribution in [0.25, 0.3) is 16.6 Å². The Labute approximate surface area is 137 Å². The molecule has 1 aromatic carbocycles. The van der Waals surface area contributed by atoms with E-state index in [1.165, 1.54) is 12.4 Å². The molecule has 0 aliphatic rings. The van der Waals surface area contributed by atoms with Crippen LogP contribution in [-0.4, -0.2) is 27.8 Å². The van der Waals surface area contributed by atoms with Crippen molar-refractivity contribution in [2.24, 2.45) is 0 Å². The maximum atomic E-state index is 13.0. The highest BCUT2D eigenvalue weighted by Gasteiger charge is 2.32. The molecule has 3 N–H and O–H groups in total. The SMILES string of the molecule is COC(=O)c1c(N)c2ccc(C(F)(F)F)cc2n(-c2cn[nH]c2)c1=O. The van der Waals surface area contributed by atoms with Gasteiger partial charge < -0.3 is 10.5 Å². The van der Waals surface area contributed by atoms with Crippen molar-refractivity contribution in [1.82, 2.24) is 14.8 Å². The van der Waals surface area contributed by atoms with E-state index in [4.69, 9.17) is 5.73 Å². The van der Waals surface area contributed by atoms with Crippen LogP contribution in [0.1, 0.15) is 15.9 Å². The zero-order valence-corrected chi connectivity index (χ0v) is 12.7. The molecule has 0 radical (unpaired) electrons. The Balaban J connectivity index is 2.50. The maximum absolute atomic E-state index is 13.0.